The Morgan fingerprint density at radius 2 is 1.73 bits per heavy atom. The van der Waals surface area contributed by atoms with Crippen molar-refractivity contribution in [1.29, 1.82) is 0 Å². The number of aromatic nitrogens is 3. The van der Waals surface area contributed by atoms with Crippen molar-refractivity contribution in [3.8, 4) is 5.69 Å². The molecular weight excluding hydrogens is 422 g/mol. The van der Waals surface area contributed by atoms with E-state index < -0.39 is 12.0 Å². The number of rotatable bonds is 5. The number of anilines is 2. The molecule has 0 spiro atoms. The smallest absolute Gasteiger partial charge is 0.326 e. The Labute approximate surface area is 182 Å². The average Bonchev–Trinajstić information content (AvgIpc) is 3.35. The number of carbonyl (C=O) groups is 2. The number of aromatic amines is 2. The quantitative estimate of drug-likeness (QED) is 0.448. The van der Waals surface area contributed by atoms with Crippen LogP contribution in [-0.4, -0.2) is 44.3 Å². The first-order chi connectivity index (χ1) is 14.4. The summed E-state index contributed by atoms with van der Waals surface area (Å²) < 4.78 is 2.45. The molecule has 0 saturated carbocycles. The predicted molar refractivity (Wildman–Crippen MR) is 119 cm³/mol. The van der Waals surface area contributed by atoms with E-state index in [1.807, 2.05) is 23.1 Å². The molecule has 8 nitrogen and oxygen atoms in total. The van der Waals surface area contributed by atoms with Crippen molar-refractivity contribution in [2.24, 2.45) is 0 Å². The zero-order valence-corrected chi connectivity index (χ0v) is 17.4. The van der Waals surface area contributed by atoms with Crippen molar-refractivity contribution in [3.05, 3.63) is 63.6 Å². The molecule has 0 aliphatic carbocycles. The van der Waals surface area contributed by atoms with Crippen molar-refractivity contribution in [2.45, 2.75) is 18.9 Å². The number of benzene rings is 2. The van der Waals surface area contributed by atoms with E-state index in [-0.39, 0.29) is 5.91 Å². The highest BCUT2D eigenvalue weighted by Crippen LogP contribution is 2.27. The van der Waals surface area contributed by atoms with Crippen LogP contribution in [-0.2, 0) is 4.79 Å². The summed E-state index contributed by atoms with van der Waals surface area (Å²) in [6.07, 6.45) is 1.49. The van der Waals surface area contributed by atoms with Gasteiger partial charge in [0.25, 0.3) is 5.91 Å². The van der Waals surface area contributed by atoms with Gasteiger partial charge in [0.15, 0.2) is 9.54 Å². The van der Waals surface area contributed by atoms with Crippen LogP contribution < -0.4 is 10.2 Å². The molecule has 10 heteroatoms. The zero-order valence-electron chi connectivity index (χ0n) is 15.8. The van der Waals surface area contributed by atoms with Gasteiger partial charge in [0.05, 0.1) is 5.69 Å². The summed E-state index contributed by atoms with van der Waals surface area (Å²) in [6.45, 7) is 0.708. The lowest BCUT2D eigenvalue weighted by atomic mass is 10.1. The SMILES string of the molecule is O=C(Nc1ccc(N2CCCC2C(=O)O)cc1)c1cccc(-n2c(=S)[nH][nH]c2=S)c1. The summed E-state index contributed by atoms with van der Waals surface area (Å²) in [4.78, 5) is 26.0. The average molecular weight is 442 g/mol. The lowest BCUT2D eigenvalue weighted by Gasteiger charge is -2.23. The Morgan fingerprint density at radius 1 is 1.03 bits per heavy atom. The summed E-state index contributed by atoms with van der Waals surface area (Å²) in [5, 5.41) is 17.8. The molecule has 4 rings (SSSR count). The van der Waals surface area contributed by atoms with Gasteiger partial charge in [-0.05, 0) is 79.7 Å². The number of aliphatic carboxylic acids is 1. The molecule has 2 heterocycles. The number of carboxylic acids is 1. The molecule has 154 valence electrons. The van der Waals surface area contributed by atoms with E-state index in [1.54, 1.807) is 34.9 Å². The highest BCUT2D eigenvalue weighted by molar-refractivity contribution is 7.72. The van der Waals surface area contributed by atoms with Crippen LogP contribution in [0, 0.1) is 9.54 Å². The van der Waals surface area contributed by atoms with Gasteiger partial charge in [0.2, 0.25) is 0 Å². The van der Waals surface area contributed by atoms with Crippen molar-refractivity contribution in [1.82, 2.24) is 14.8 Å². The minimum absolute atomic E-state index is 0.272. The molecule has 1 aromatic heterocycles. The second kappa shape index (κ2) is 8.25. The van der Waals surface area contributed by atoms with Gasteiger partial charge in [-0.2, -0.15) is 0 Å². The second-order valence-corrected chi connectivity index (χ2v) is 7.71. The lowest BCUT2D eigenvalue weighted by Crippen LogP contribution is -2.35. The molecule has 1 amide bonds. The third-order valence-electron chi connectivity index (χ3n) is 5.04. The highest BCUT2D eigenvalue weighted by Gasteiger charge is 2.30. The van der Waals surface area contributed by atoms with Gasteiger partial charge in [-0.15, -0.1) is 0 Å². The number of H-pyrrole nitrogens is 2. The van der Waals surface area contributed by atoms with Gasteiger partial charge < -0.3 is 15.3 Å². The van der Waals surface area contributed by atoms with Crippen LogP contribution in [0.1, 0.15) is 23.2 Å². The molecule has 30 heavy (non-hydrogen) atoms. The maximum Gasteiger partial charge on any atom is 0.326 e. The Morgan fingerprint density at radius 3 is 2.40 bits per heavy atom. The molecule has 1 aliphatic heterocycles. The van der Waals surface area contributed by atoms with Crippen LogP contribution in [0.15, 0.2) is 48.5 Å². The fourth-order valence-corrected chi connectivity index (χ4v) is 4.16. The Bertz CT molecular complexity index is 1180. The summed E-state index contributed by atoms with van der Waals surface area (Å²) in [6, 6.07) is 13.7. The molecule has 1 fully saturated rings. The standard InChI is InChI=1S/C20H19N5O3S2/c26-17(12-3-1-4-15(11-12)25-19(29)22-23-20(25)30)21-13-6-8-14(9-7-13)24-10-2-5-16(24)18(27)28/h1,3-4,6-9,11,16H,2,5,10H2,(H,21,26)(H,22,29)(H,23,30)(H,27,28). The van der Waals surface area contributed by atoms with E-state index in [1.165, 1.54) is 0 Å². The molecule has 1 saturated heterocycles. The van der Waals surface area contributed by atoms with E-state index >= 15 is 0 Å². The van der Waals surface area contributed by atoms with Crippen LogP contribution >= 0.6 is 24.4 Å². The van der Waals surface area contributed by atoms with Gasteiger partial charge in [-0.25, -0.2) is 4.79 Å². The van der Waals surface area contributed by atoms with Crippen LogP contribution in [0.25, 0.3) is 5.69 Å². The molecule has 1 aliphatic rings. The summed E-state index contributed by atoms with van der Waals surface area (Å²) in [7, 11) is 0. The first kappa shape index (κ1) is 20.0. The second-order valence-electron chi connectivity index (χ2n) is 6.94. The maximum atomic E-state index is 12.7. The normalized spacial score (nSPS) is 15.9. The number of carbonyl (C=O) groups excluding carboxylic acids is 1. The number of amides is 1. The summed E-state index contributed by atoms with van der Waals surface area (Å²) >= 11 is 10.4. The van der Waals surface area contributed by atoms with E-state index in [0.717, 1.165) is 12.1 Å². The number of hydrogen-bond acceptors (Lipinski definition) is 5. The van der Waals surface area contributed by atoms with Crippen LogP contribution in [0.3, 0.4) is 0 Å². The van der Waals surface area contributed by atoms with Gasteiger partial charge >= 0.3 is 5.97 Å². The third kappa shape index (κ3) is 3.91. The van der Waals surface area contributed by atoms with Crippen molar-refractivity contribution in [2.75, 3.05) is 16.8 Å². The molecule has 4 N–H and O–H groups in total. The van der Waals surface area contributed by atoms with Crippen molar-refractivity contribution >= 4 is 47.7 Å². The van der Waals surface area contributed by atoms with Crippen LogP contribution in [0.2, 0.25) is 0 Å². The third-order valence-corrected chi connectivity index (χ3v) is 5.61. The maximum absolute atomic E-state index is 12.7. The van der Waals surface area contributed by atoms with E-state index in [2.05, 4.69) is 15.5 Å². The minimum atomic E-state index is -0.813. The first-order valence-corrected chi connectivity index (χ1v) is 10.2. The van der Waals surface area contributed by atoms with E-state index in [9.17, 15) is 14.7 Å². The van der Waals surface area contributed by atoms with Gasteiger partial charge in [0.1, 0.15) is 6.04 Å². The molecule has 3 aromatic rings. The van der Waals surface area contributed by atoms with Crippen LogP contribution in [0.4, 0.5) is 11.4 Å². The van der Waals surface area contributed by atoms with Crippen molar-refractivity contribution in [3.63, 3.8) is 0 Å². The Kier molecular flexibility index (Phi) is 5.51. The monoisotopic (exact) mass is 441 g/mol. The van der Waals surface area contributed by atoms with Crippen LogP contribution in [0.5, 0.6) is 0 Å². The Hall–Kier alpha value is -3.24. The van der Waals surface area contributed by atoms with E-state index in [4.69, 9.17) is 24.4 Å². The summed E-state index contributed by atoms with van der Waals surface area (Å²) in [5.74, 6) is -1.08. The molecular formula is C20H19N5O3S2. The number of hydrogen-bond donors (Lipinski definition) is 4. The largest absolute Gasteiger partial charge is 0.480 e. The van der Waals surface area contributed by atoms with Gasteiger partial charge in [-0.3, -0.25) is 19.6 Å². The number of nitrogens with one attached hydrogen (secondary N) is 3. The zero-order chi connectivity index (χ0) is 21.3. The molecule has 1 atom stereocenters. The van der Waals surface area contributed by atoms with Crippen molar-refractivity contribution < 1.29 is 14.7 Å². The minimum Gasteiger partial charge on any atom is -0.480 e. The van der Waals surface area contributed by atoms with Gasteiger partial charge in [0, 0.05) is 23.5 Å². The molecule has 0 radical (unpaired) electrons. The first-order valence-electron chi connectivity index (χ1n) is 9.35. The topological polar surface area (TPSA) is 106 Å². The molecule has 2 aromatic carbocycles. The predicted octanol–water partition coefficient (Wildman–Crippen LogP) is 3.90. The number of carboxylic acid groups (broad SMARTS) is 1. The number of nitrogens with zero attached hydrogens (tertiary/aromatic N) is 2. The lowest BCUT2D eigenvalue weighted by molar-refractivity contribution is -0.138. The highest BCUT2D eigenvalue weighted by atomic mass is 32.1. The molecule has 1 unspecified atom stereocenters. The Balaban J connectivity index is 1.51. The molecule has 0 bridgehead atoms. The van der Waals surface area contributed by atoms with E-state index in [0.29, 0.717) is 39.4 Å². The fourth-order valence-electron chi connectivity index (χ4n) is 3.60. The fraction of sp³-hybridized carbons (Fsp3) is 0.200. The summed E-state index contributed by atoms with van der Waals surface area (Å²) in [5.41, 5.74) is 2.59. The van der Waals surface area contributed by atoms with Gasteiger partial charge in [-0.1, -0.05) is 6.07 Å².